The molecule has 67 heavy (non-hydrogen) atoms. The molecule has 1 aromatic heterocycles. The summed E-state index contributed by atoms with van der Waals surface area (Å²) in [5.41, 5.74) is -3.16. The van der Waals surface area contributed by atoms with Gasteiger partial charge in [0.2, 0.25) is 5.43 Å². The molecule has 20 nitrogen and oxygen atoms in total. The number of halogens is 6. The van der Waals surface area contributed by atoms with E-state index in [0.717, 1.165) is 45.4 Å². The van der Waals surface area contributed by atoms with Gasteiger partial charge in [-0.2, -0.15) is 0 Å². The van der Waals surface area contributed by atoms with Crippen molar-refractivity contribution in [3.05, 3.63) is 109 Å². The second kappa shape index (κ2) is 29.6. The van der Waals surface area contributed by atoms with Gasteiger partial charge in [-0.05, 0) is 0 Å². The molecule has 0 saturated heterocycles. The molecule has 0 spiro atoms. The summed E-state index contributed by atoms with van der Waals surface area (Å²) >= 11 is 0. The minimum atomic E-state index is -1.21. The lowest BCUT2D eigenvalue weighted by Gasteiger charge is -2.20. The van der Waals surface area contributed by atoms with Crippen molar-refractivity contribution in [2.24, 2.45) is 4.99 Å². The zero-order valence-corrected chi connectivity index (χ0v) is 37.4. The number of hydrogen-bond acceptors (Lipinski definition) is 17. The van der Waals surface area contributed by atoms with E-state index >= 15 is 0 Å². The van der Waals surface area contributed by atoms with Crippen LogP contribution < -0.4 is 20.8 Å². The summed E-state index contributed by atoms with van der Waals surface area (Å²) in [5, 5.41) is 14.4. The number of rotatable bonds is 19. The van der Waals surface area contributed by atoms with Gasteiger partial charge >= 0.3 is 17.9 Å². The van der Waals surface area contributed by atoms with Crippen molar-refractivity contribution in [1.82, 2.24) is 15.2 Å². The first-order chi connectivity index (χ1) is 31.7. The Hall–Kier alpha value is -6.87. The SMILES string of the molecule is COC(=O)C(=O)OC.COC(=O)c1c(OC)c(=O)c(C(=O)NCc2c(F)cc(F)cc2F)cn1CC(OC)OC.COCC(O)=C(C=NCC(OC)OC)C(=O)NCc1c(F)cc(F)cc1F. The van der Waals surface area contributed by atoms with Gasteiger partial charge in [0.25, 0.3) is 11.8 Å². The van der Waals surface area contributed by atoms with Crippen molar-refractivity contribution >= 4 is 35.9 Å². The summed E-state index contributed by atoms with van der Waals surface area (Å²) < 4.78 is 125. The number of ether oxygens (including phenoxy) is 9. The number of esters is 3. The second-order valence-electron chi connectivity index (χ2n) is 12.5. The predicted octanol–water partition coefficient (Wildman–Crippen LogP) is 2.81. The maximum absolute atomic E-state index is 13.8. The molecular weight excluding hydrogens is 918 g/mol. The van der Waals surface area contributed by atoms with Crippen LogP contribution in [0.1, 0.15) is 32.0 Å². The highest BCUT2D eigenvalue weighted by Crippen LogP contribution is 2.19. The Morgan fingerprint density at radius 1 is 0.701 bits per heavy atom. The first-order valence-electron chi connectivity index (χ1n) is 18.6. The molecule has 0 fully saturated rings. The fourth-order valence-electron chi connectivity index (χ4n) is 4.98. The van der Waals surface area contributed by atoms with E-state index in [9.17, 15) is 60.2 Å². The monoisotopic (exact) mass is 966 g/mol. The van der Waals surface area contributed by atoms with Gasteiger partial charge in [0.15, 0.2) is 24.0 Å². The highest BCUT2D eigenvalue weighted by molar-refractivity contribution is 6.29. The number of aliphatic hydroxyl groups is 1. The topological polar surface area (TPSA) is 247 Å². The minimum absolute atomic E-state index is 0.0330. The average molecular weight is 967 g/mol. The molecule has 0 atom stereocenters. The lowest BCUT2D eigenvalue weighted by Crippen LogP contribution is -2.34. The maximum Gasteiger partial charge on any atom is 0.417 e. The first-order valence-corrected chi connectivity index (χ1v) is 18.6. The normalized spacial score (nSPS) is 11.2. The summed E-state index contributed by atoms with van der Waals surface area (Å²) in [4.78, 5) is 74.0. The smallest absolute Gasteiger partial charge is 0.417 e. The number of carbonyl (C=O) groups is 5. The molecule has 3 aromatic rings. The molecular formula is C41H48F6N4O16. The van der Waals surface area contributed by atoms with Crippen LogP contribution in [0.25, 0.3) is 0 Å². The number of carbonyl (C=O) groups excluding carboxylic acids is 5. The van der Waals surface area contributed by atoms with Gasteiger partial charge in [-0.3, -0.25) is 19.4 Å². The molecule has 0 saturated carbocycles. The van der Waals surface area contributed by atoms with Gasteiger partial charge in [0, 0.05) is 96.4 Å². The van der Waals surface area contributed by atoms with Crippen LogP contribution in [0.2, 0.25) is 0 Å². The fourth-order valence-corrected chi connectivity index (χ4v) is 4.98. The standard InChI is InChI=1S/C20H21F3N2O7.C17H21F3N2O5.C4H6O4/c1-29-15(30-2)9-25-8-12(17(26)18(31-3)16(25)20(28)32-4)19(27)24-7-11-13(22)5-10(21)6-14(11)23;1-25-9-15(23)12(6-21-8-16(26-2)27-3)17(24)22-7-11-13(19)4-10(18)5-14(11)20;1-7-3(5)4(6)8-2/h5-6,8,15H,7,9H2,1-4H3,(H,24,27);4-6,16,23H,7-9H2,1-3H3,(H,22,24);1-2H3. The van der Waals surface area contributed by atoms with Crippen molar-refractivity contribution in [3.8, 4) is 5.75 Å². The third kappa shape index (κ3) is 17.8. The molecule has 3 N–H and O–H groups in total. The van der Waals surface area contributed by atoms with Crippen molar-refractivity contribution < 1.29 is 98.1 Å². The quantitative estimate of drug-likeness (QED) is 0.0229. The van der Waals surface area contributed by atoms with Crippen LogP contribution in [-0.2, 0) is 71.9 Å². The number of nitrogens with one attached hydrogen (secondary N) is 2. The van der Waals surface area contributed by atoms with E-state index in [4.69, 9.17) is 33.2 Å². The largest absolute Gasteiger partial charge is 0.509 e. The summed E-state index contributed by atoms with van der Waals surface area (Å²) in [6.07, 6.45) is 0.572. The first kappa shape index (κ1) is 58.1. The van der Waals surface area contributed by atoms with Gasteiger partial charge in [-0.1, -0.05) is 0 Å². The van der Waals surface area contributed by atoms with Gasteiger partial charge in [-0.15, -0.1) is 0 Å². The Kier molecular flexibility index (Phi) is 25.7. The Balaban J connectivity index is 0.000000582. The number of aliphatic imine (C=N–C) groups is 1. The molecule has 0 bridgehead atoms. The zero-order valence-electron chi connectivity index (χ0n) is 37.4. The zero-order chi connectivity index (χ0) is 51.0. The third-order valence-electron chi connectivity index (χ3n) is 8.37. The Morgan fingerprint density at radius 3 is 1.57 bits per heavy atom. The highest BCUT2D eigenvalue weighted by atomic mass is 19.2. The second-order valence-corrected chi connectivity index (χ2v) is 12.5. The molecule has 2 aromatic carbocycles. The number of aromatic nitrogens is 1. The summed E-state index contributed by atoms with van der Waals surface area (Å²) in [6, 6.07) is 1.92. The van der Waals surface area contributed by atoms with Gasteiger partial charge in [0.1, 0.15) is 52.8 Å². The van der Waals surface area contributed by atoms with Crippen LogP contribution in [0.3, 0.4) is 0 Å². The maximum atomic E-state index is 13.8. The molecule has 0 aliphatic carbocycles. The van der Waals surface area contributed by atoms with Crippen LogP contribution in [0.15, 0.2) is 51.6 Å². The lowest BCUT2D eigenvalue weighted by molar-refractivity contribution is -0.164. The summed E-state index contributed by atoms with van der Waals surface area (Å²) in [7, 11) is 11.2. The van der Waals surface area contributed by atoms with E-state index in [-0.39, 0.29) is 31.0 Å². The van der Waals surface area contributed by atoms with E-state index in [1.807, 2.05) is 0 Å². The van der Waals surface area contributed by atoms with Crippen LogP contribution >= 0.6 is 0 Å². The number of benzene rings is 2. The summed E-state index contributed by atoms with van der Waals surface area (Å²) in [5.74, 6) is -12.6. The van der Waals surface area contributed by atoms with E-state index in [1.54, 1.807) is 0 Å². The number of hydrogen-bond donors (Lipinski definition) is 3. The molecule has 0 aliphatic heterocycles. The number of methoxy groups -OCH3 is 9. The highest BCUT2D eigenvalue weighted by Gasteiger charge is 2.27. The van der Waals surface area contributed by atoms with Crippen LogP contribution in [-0.4, -0.2) is 135 Å². The molecule has 3 rings (SSSR count). The number of amides is 2. The van der Waals surface area contributed by atoms with E-state index in [1.165, 1.54) is 35.5 Å². The molecule has 370 valence electrons. The molecule has 0 unspecified atom stereocenters. The number of nitrogens with zero attached hydrogens (tertiary/aromatic N) is 2. The van der Waals surface area contributed by atoms with Gasteiger partial charge in [-0.25, -0.2) is 40.7 Å². The molecule has 26 heteroatoms. The van der Waals surface area contributed by atoms with Crippen molar-refractivity contribution in [2.75, 3.05) is 77.1 Å². The minimum Gasteiger partial charge on any atom is -0.509 e. The molecule has 2 amide bonds. The van der Waals surface area contributed by atoms with Crippen LogP contribution in [0, 0.1) is 34.9 Å². The number of aliphatic hydroxyl groups excluding tert-OH is 1. The Labute approximate surface area is 378 Å². The van der Waals surface area contributed by atoms with Crippen LogP contribution in [0.4, 0.5) is 26.3 Å². The van der Waals surface area contributed by atoms with E-state index in [0.29, 0.717) is 24.3 Å². The molecule has 1 heterocycles. The number of pyridine rings is 1. The molecule has 0 aliphatic rings. The third-order valence-corrected chi connectivity index (χ3v) is 8.37. The predicted molar refractivity (Wildman–Crippen MR) is 219 cm³/mol. The Morgan fingerprint density at radius 2 is 1.16 bits per heavy atom. The Bertz CT molecular complexity index is 2240. The van der Waals surface area contributed by atoms with Crippen molar-refractivity contribution in [3.63, 3.8) is 0 Å². The van der Waals surface area contributed by atoms with E-state index in [2.05, 4.69) is 25.1 Å². The summed E-state index contributed by atoms with van der Waals surface area (Å²) in [6.45, 7) is -1.63. The van der Waals surface area contributed by atoms with Gasteiger partial charge in [0.05, 0.1) is 47.1 Å². The van der Waals surface area contributed by atoms with Crippen LogP contribution in [0.5, 0.6) is 5.75 Å². The van der Waals surface area contributed by atoms with Crippen molar-refractivity contribution in [2.45, 2.75) is 32.2 Å². The van der Waals surface area contributed by atoms with Crippen molar-refractivity contribution in [1.29, 1.82) is 0 Å². The fraction of sp³-hybridized carbons (Fsp3) is 0.390. The lowest BCUT2D eigenvalue weighted by atomic mass is 10.1. The molecule has 0 radical (unpaired) electrons. The van der Waals surface area contributed by atoms with E-state index < -0.39 is 124 Å². The van der Waals surface area contributed by atoms with Gasteiger partial charge < -0.3 is 62.9 Å². The average Bonchev–Trinajstić information content (AvgIpc) is 3.29.